The average molecular weight is 395 g/mol. The van der Waals surface area contributed by atoms with Gasteiger partial charge in [0.2, 0.25) is 0 Å². The van der Waals surface area contributed by atoms with Crippen molar-refractivity contribution >= 4 is 35.1 Å². The fourth-order valence-electron chi connectivity index (χ4n) is 3.52. The summed E-state index contributed by atoms with van der Waals surface area (Å²) in [6.45, 7) is 0.793. The first kappa shape index (κ1) is 20.2. The van der Waals surface area contributed by atoms with Crippen molar-refractivity contribution in [2.75, 3.05) is 38.8 Å². The van der Waals surface area contributed by atoms with Gasteiger partial charge in [-0.2, -0.15) is 0 Å². The van der Waals surface area contributed by atoms with Crippen molar-refractivity contribution in [3.63, 3.8) is 0 Å². The maximum Gasteiger partial charge on any atom is 0.256 e. The standard InChI is InChI=1S/C21H21N3O5/c1-24(8-5-9-29-2)21(28)14-13(10-25)17(22)15-16(18(14)23)20(27)12-7-4-3-6-11(12)19(15)26/h3-4,6-7,10H,5,8-9,22-23H2,1-2H3. The number of aldehydes is 1. The van der Waals surface area contributed by atoms with Crippen LogP contribution in [0.15, 0.2) is 24.3 Å². The molecular weight excluding hydrogens is 374 g/mol. The Kier molecular flexibility index (Phi) is 5.47. The molecule has 2 aromatic rings. The summed E-state index contributed by atoms with van der Waals surface area (Å²) in [5.74, 6) is -1.57. The van der Waals surface area contributed by atoms with Crippen molar-refractivity contribution in [3.05, 3.63) is 57.6 Å². The average Bonchev–Trinajstić information content (AvgIpc) is 2.72. The molecule has 3 rings (SSSR count). The van der Waals surface area contributed by atoms with Crippen molar-refractivity contribution in [2.45, 2.75) is 6.42 Å². The summed E-state index contributed by atoms with van der Waals surface area (Å²) in [5.41, 5.74) is 11.6. The van der Waals surface area contributed by atoms with Crippen molar-refractivity contribution in [2.24, 2.45) is 0 Å². The van der Waals surface area contributed by atoms with Gasteiger partial charge >= 0.3 is 0 Å². The molecule has 0 saturated carbocycles. The Hall–Kier alpha value is -3.52. The molecule has 2 aromatic carbocycles. The molecule has 0 atom stereocenters. The highest BCUT2D eigenvalue weighted by Crippen LogP contribution is 2.39. The van der Waals surface area contributed by atoms with Crippen LogP contribution in [-0.2, 0) is 4.74 Å². The molecule has 0 radical (unpaired) electrons. The van der Waals surface area contributed by atoms with Crippen LogP contribution in [0, 0.1) is 0 Å². The molecule has 0 saturated heterocycles. The summed E-state index contributed by atoms with van der Waals surface area (Å²) in [4.78, 5) is 52.2. The predicted molar refractivity (Wildman–Crippen MR) is 107 cm³/mol. The van der Waals surface area contributed by atoms with E-state index in [1.54, 1.807) is 26.3 Å². The molecule has 0 fully saturated rings. The highest BCUT2D eigenvalue weighted by molar-refractivity contribution is 6.33. The van der Waals surface area contributed by atoms with Crippen LogP contribution in [0.1, 0.15) is 59.0 Å². The van der Waals surface area contributed by atoms with Crippen molar-refractivity contribution in [3.8, 4) is 0 Å². The molecule has 1 amide bonds. The summed E-state index contributed by atoms with van der Waals surface area (Å²) in [6, 6.07) is 6.28. The van der Waals surface area contributed by atoms with E-state index >= 15 is 0 Å². The van der Waals surface area contributed by atoms with Crippen LogP contribution < -0.4 is 11.5 Å². The van der Waals surface area contributed by atoms with Gasteiger partial charge in [-0.1, -0.05) is 24.3 Å². The lowest BCUT2D eigenvalue weighted by Gasteiger charge is -2.25. The minimum Gasteiger partial charge on any atom is -0.398 e. The molecule has 0 aliphatic heterocycles. The zero-order chi connectivity index (χ0) is 21.3. The molecule has 0 heterocycles. The molecule has 29 heavy (non-hydrogen) atoms. The van der Waals surface area contributed by atoms with E-state index in [4.69, 9.17) is 16.2 Å². The largest absolute Gasteiger partial charge is 0.398 e. The van der Waals surface area contributed by atoms with E-state index < -0.39 is 17.5 Å². The fraction of sp³-hybridized carbons (Fsp3) is 0.238. The van der Waals surface area contributed by atoms with Gasteiger partial charge < -0.3 is 21.1 Å². The smallest absolute Gasteiger partial charge is 0.256 e. The van der Waals surface area contributed by atoms with Crippen LogP contribution in [0.4, 0.5) is 11.4 Å². The highest BCUT2D eigenvalue weighted by Gasteiger charge is 2.37. The van der Waals surface area contributed by atoms with Gasteiger partial charge in [-0.05, 0) is 6.42 Å². The number of ketones is 2. The third-order valence-corrected chi connectivity index (χ3v) is 5.01. The number of methoxy groups -OCH3 is 1. The normalized spacial score (nSPS) is 12.3. The number of ether oxygens (including phenoxy) is 1. The maximum absolute atomic E-state index is 13.1. The SMILES string of the molecule is COCCCN(C)C(=O)c1c(N)c2c(c(N)c1C=O)C(=O)c1ccccc1C2=O. The summed E-state index contributed by atoms with van der Waals surface area (Å²) in [6.07, 6.45) is 0.959. The number of carbonyl (C=O) groups is 4. The number of carbonyl (C=O) groups excluding carboxylic acids is 4. The monoisotopic (exact) mass is 395 g/mol. The summed E-state index contributed by atoms with van der Waals surface area (Å²) in [7, 11) is 3.10. The molecule has 8 heteroatoms. The van der Waals surface area contributed by atoms with Gasteiger partial charge in [-0.3, -0.25) is 19.2 Å². The molecule has 150 valence electrons. The first-order valence-electron chi connectivity index (χ1n) is 8.98. The molecule has 0 unspecified atom stereocenters. The minimum atomic E-state index is -0.561. The lowest BCUT2D eigenvalue weighted by Crippen LogP contribution is -2.32. The van der Waals surface area contributed by atoms with Gasteiger partial charge in [-0.15, -0.1) is 0 Å². The third-order valence-electron chi connectivity index (χ3n) is 5.01. The van der Waals surface area contributed by atoms with Crippen LogP contribution in [-0.4, -0.2) is 56.0 Å². The molecule has 1 aliphatic carbocycles. The zero-order valence-electron chi connectivity index (χ0n) is 16.2. The summed E-state index contributed by atoms with van der Waals surface area (Å²) < 4.78 is 4.98. The molecule has 8 nitrogen and oxygen atoms in total. The second-order valence-electron chi connectivity index (χ2n) is 6.76. The molecule has 0 bridgehead atoms. The Morgan fingerprint density at radius 2 is 1.62 bits per heavy atom. The van der Waals surface area contributed by atoms with E-state index in [2.05, 4.69) is 0 Å². The number of anilines is 2. The van der Waals surface area contributed by atoms with Crippen molar-refractivity contribution in [1.29, 1.82) is 0 Å². The molecule has 1 aliphatic rings. The molecule has 0 spiro atoms. The summed E-state index contributed by atoms with van der Waals surface area (Å²) >= 11 is 0. The van der Waals surface area contributed by atoms with Crippen LogP contribution in [0.5, 0.6) is 0 Å². The van der Waals surface area contributed by atoms with Gasteiger partial charge in [0.1, 0.15) is 0 Å². The van der Waals surface area contributed by atoms with Crippen LogP contribution in [0.3, 0.4) is 0 Å². The number of benzene rings is 2. The Balaban J connectivity index is 2.20. The number of fused-ring (bicyclic) bond motifs is 2. The van der Waals surface area contributed by atoms with E-state index in [9.17, 15) is 19.2 Å². The number of amides is 1. The van der Waals surface area contributed by atoms with Crippen molar-refractivity contribution < 1.29 is 23.9 Å². The summed E-state index contributed by atoms with van der Waals surface area (Å²) in [5, 5.41) is 0. The lowest BCUT2D eigenvalue weighted by atomic mass is 9.79. The van der Waals surface area contributed by atoms with E-state index in [0.717, 1.165) is 0 Å². The van der Waals surface area contributed by atoms with E-state index in [1.807, 2.05) is 0 Å². The van der Waals surface area contributed by atoms with Gasteiger partial charge in [0.15, 0.2) is 17.9 Å². The number of hydrogen-bond donors (Lipinski definition) is 2. The second kappa shape index (κ2) is 7.84. The Labute approximate surface area is 167 Å². The van der Waals surface area contributed by atoms with E-state index in [0.29, 0.717) is 25.9 Å². The highest BCUT2D eigenvalue weighted by atomic mass is 16.5. The molecular formula is C21H21N3O5. The Bertz CT molecular complexity index is 1050. The molecule has 4 N–H and O–H groups in total. The van der Waals surface area contributed by atoms with E-state index in [-0.39, 0.29) is 44.8 Å². The minimum absolute atomic E-state index is 0.133. The number of hydrogen-bond acceptors (Lipinski definition) is 7. The van der Waals surface area contributed by atoms with Gasteiger partial charge in [0, 0.05) is 38.4 Å². The number of nitrogens with two attached hydrogens (primary N) is 2. The third kappa shape index (κ3) is 3.17. The molecule has 0 aromatic heterocycles. The quantitative estimate of drug-likeness (QED) is 0.367. The van der Waals surface area contributed by atoms with Gasteiger partial charge in [-0.25, -0.2) is 0 Å². The number of rotatable bonds is 6. The van der Waals surface area contributed by atoms with Crippen molar-refractivity contribution in [1.82, 2.24) is 4.90 Å². The predicted octanol–water partition coefficient (Wildman–Crippen LogP) is 1.55. The number of nitrogen functional groups attached to an aromatic ring is 2. The maximum atomic E-state index is 13.1. The zero-order valence-corrected chi connectivity index (χ0v) is 16.2. The first-order valence-corrected chi connectivity index (χ1v) is 8.98. The van der Waals surface area contributed by atoms with Gasteiger partial charge in [0.25, 0.3) is 5.91 Å². The first-order chi connectivity index (χ1) is 13.8. The Morgan fingerprint density at radius 3 is 2.14 bits per heavy atom. The van der Waals surface area contributed by atoms with Crippen LogP contribution >= 0.6 is 0 Å². The topological polar surface area (TPSA) is 133 Å². The second-order valence-corrected chi connectivity index (χ2v) is 6.76. The van der Waals surface area contributed by atoms with Gasteiger partial charge in [0.05, 0.1) is 33.6 Å². The van der Waals surface area contributed by atoms with Crippen LogP contribution in [0.25, 0.3) is 0 Å². The number of nitrogens with zero attached hydrogens (tertiary/aromatic N) is 1. The Morgan fingerprint density at radius 1 is 1.07 bits per heavy atom. The fourth-order valence-corrected chi connectivity index (χ4v) is 3.52. The van der Waals surface area contributed by atoms with E-state index in [1.165, 1.54) is 17.0 Å². The lowest BCUT2D eigenvalue weighted by molar-refractivity contribution is 0.0777. The van der Waals surface area contributed by atoms with Crippen LogP contribution in [0.2, 0.25) is 0 Å².